The van der Waals surface area contributed by atoms with E-state index in [1.54, 1.807) is 13.8 Å². The minimum Gasteiger partial charge on any atom is -0.493 e. The average molecular weight is 273 g/mol. The molecule has 2 N–H and O–H groups in total. The van der Waals surface area contributed by atoms with E-state index in [0.717, 1.165) is 6.07 Å². The smallest absolute Gasteiger partial charge is 0.341 e. The van der Waals surface area contributed by atoms with E-state index in [4.69, 9.17) is 14.6 Å². The Labute approximate surface area is 106 Å². The number of ether oxygens (including phenoxy) is 2. The molecule has 100 valence electrons. The molecule has 7 heteroatoms. The lowest BCUT2D eigenvalue weighted by Crippen LogP contribution is -2.14. The zero-order valence-corrected chi connectivity index (χ0v) is 11.0. The van der Waals surface area contributed by atoms with Crippen molar-refractivity contribution in [3.05, 3.63) is 23.8 Å². The van der Waals surface area contributed by atoms with E-state index in [-0.39, 0.29) is 22.8 Å². The fourth-order valence-electron chi connectivity index (χ4n) is 1.34. The van der Waals surface area contributed by atoms with Gasteiger partial charge in [0.1, 0.15) is 11.3 Å². The van der Waals surface area contributed by atoms with Gasteiger partial charge in [0.25, 0.3) is 0 Å². The SMILES string of the molecule is CCOC(=O)c1cc(S(N)(=O)=O)ccc1OCC. The lowest BCUT2D eigenvalue weighted by molar-refractivity contribution is 0.0521. The summed E-state index contributed by atoms with van der Waals surface area (Å²) in [7, 11) is -3.87. The maximum atomic E-state index is 11.7. The molecule has 0 bridgehead atoms. The minimum atomic E-state index is -3.87. The normalized spacial score (nSPS) is 11.1. The summed E-state index contributed by atoms with van der Waals surface area (Å²) in [6.45, 7) is 3.94. The number of rotatable bonds is 5. The van der Waals surface area contributed by atoms with Crippen molar-refractivity contribution in [3.8, 4) is 5.75 Å². The summed E-state index contributed by atoms with van der Waals surface area (Å²) in [6, 6.07) is 3.82. The highest BCUT2D eigenvalue weighted by atomic mass is 32.2. The highest BCUT2D eigenvalue weighted by Gasteiger charge is 2.18. The van der Waals surface area contributed by atoms with Crippen LogP contribution in [-0.4, -0.2) is 27.6 Å². The van der Waals surface area contributed by atoms with Crippen molar-refractivity contribution >= 4 is 16.0 Å². The second-order valence-corrected chi connectivity index (χ2v) is 4.92. The monoisotopic (exact) mass is 273 g/mol. The zero-order valence-electron chi connectivity index (χ0n) is 10.2. The Bertz CT molecular complexity index is 538. The van der Waals surface area contributed by atoms with Crippen LogP contribution in [0.3, 0.4) is 0 Å². The lowest BCUT2D eigenvalue weighted by atomic mass is 10.2. The first-order chi connectivity index (χ1) is 8.40. The van der Waals surface area contributed by atoms with Crippen LogP contribution in [0.25, 0.3) is 0 Å². The van der Waals surface area contributed by atoms with Crippen molar-refractivity contribution in [2.45, 2.75) is 18.7 Å². The fraction of sp³-hybridized carbons (Fsp3) is 0.364. The van der Waals surface area contributed by atoms with Crippen molar-refractivity contribution in [1.82, 2.24) is 0 Å². The number of esters is 1. The highest BCUT2D eigenvalue weighted by Crippen LogP contribution is 2.23. The van der Waals surface area contributed by atoms with Gasteiger partial charge in [-0.15, -0.1) is 0 Å². The van der Waals surface area contributed by atoms with Crippen molar-refractivity contribution < 1.29 is 22.7 Å². The molecule has 0 heterocycles. The van der Waals surface area contributed by atoms with Crippen molar-refractivity contribution in [3.63, 3.8) is 0 Å². The average Bonchev–Trinajstić information content (AvgIpc) is 2.28. The summed E-state index contributed by atoms with van der Waals surface area (Å²) in [5.74, 6) is -0.380. The van der Waals surface area contributed by atoms with E-state index in [2.05, 4.69) is 0 Å². The van der Waals surface area contributed by atoms with Gasteiger partial charge in [-0.3, -0.25) is 0 Å². The molecule has 1 aromatic carbocycles. The molecule has 0 atom stereocenters. The van der Waals surface area contributed by atoms with Crippen molar-refractivity contribution in [1.29, 1.82) is 0 Å². The van der Waals surface area contributed by atoms with Crippen LogP contribution in [0, 0.1) is 0 Å². The molecule has 0 radical (unpaired) electrons. The largest absolute Gasteiger partial charge is 0.493 e. The molecule has 6 nitrogen and oxygen atoms in total. The number of benzene rings is 1. The van der Waals surface area contributed by atoms with Crippen LogP contribution < -0.4 is 9.88 Å². The molecular weight excluding hydrogens is 258 g/mol. The molecule has 1 aromatic rings. The third-order valence-electron chi connectivity index (χ3n) is 2.07. The van der Waals surface area contributed by atoms with Gasteiger partial charge in [0.05, 0.1) is 18.1 Å². The number of nitrogens with two attached hydrogens (primary N) is 1. The van der Waals surface area contributed by atoms with Gasteiger partial charge >= 0.3 is 5.97 Å². The van der Waals surface area contributed by atoms with Gasteiger partial charge in [0.15, 0.2) is 0 Å². The predicted octanol–water partition coefficient (Wildman–Crippen LogP) is 0.909. The van der Waals surface area contributed by atoms with Crippen LogP contribution in [0.15, 0.2) is 23.1 Å². The number of sulfonamides is 1. The topological polar surface area (TPSA) is 95.7 Å². The molecule has 0 aliphatic heterocycles. The fourth-order valence-corrected chi connectivity index (χ4v) is 1.88. The molecule has 0 spiro atoms. The molecule has 0 saturated carbocycles. The second-order valence-electron chi connectivity index (χ2n) is 3.36. The van der Waals surface area contributed by atoms with Gasteiger partial charge in [-0.2, -0.15) is 0 Å². The maximum absolute atomic E-state index is 11.7. The van der Waals surface area contributed by atoms with Gasteiger partial charge in [0, 0.05) is 0 Å². The predicted molar refractivity (Wildman–Crippen MR) is 64.9 cm³/mol. The van der Waals surface area contributed by atoms with Crippen LogP contribution in [-0.2, 0) is 14.8 Å². The molecule has 1 rings (SSSR count). The molecule has 18 heavy (non-hydrogen) atoms. The minimum absolute atomic E-state index is 0.0465. The zero-order chi connectivity index (χ0) is 13.8. The van der Waals surface area contributed by atoms with E-state index in [9.17, 15) is 13.2 Å². The molecular formula is C11H15NO5S. The number of hydrogen-bond donors (Lipinski definition) is 1. The van der Waals surface area contributed by atoms with E-state index in [1.165, 1.54) is 12.1 Å². The summed E-state index contributed by atoms with van der Waals surface area (Å²) in [4.78, 5) is 11.5. The van der Waals surface area contributed by atoms with Gasteiger partial charge < -0.3 is 9.47 Å². The van der Waals surface area contributed by atoms with Crippen molar-refractivity contribution in [2.24, 2.45) is 5.14 Å². The standard InChI is InChI=1S/C11H15NO5S/c1-3-16-10-6-5-8(18(12,14)15)7-9(10)11(13)17-4-2/h5-7H,3-4H2,1-2H3,(H2,12,14,15). The molecule has 0 unspecified atom stereocenters. The van der Waals surface area contributed by atoms with Crippen LogP contribution >= 0.6 is 0 Å². The molecule has 0 amide bonds. The quantitative estimate of drug-likeness (QED) is 0.804. The van der Waals surface area contributed by atoms with Crippen molar-refractivity contribution in [2.75, 3.05) is 13.2 Å². The van der Waals surface area contributed by atoms with Gasteiger partial charge in [-0.05, 0) is 32.0 Å². The summed E-state index contributed by atoms with van der Waals surface area (Å²) in [5.41, 5.74) is 0.0465. The summed E-state index contributed by atoms with van der Waals surface area (Å²) >= 11 is 0. The van der Waals surface area contributed by atoms with Gasteiger partial charge in [-0.1, -0.05) is 0 Å². The number of primary sulfonamides is 1. The van der Waals surface area contributed by atoms with Gasteiger partial charge in [0.2, 0.25) is 10.0 Å². The first kappa shape index (κ1) is 14.5. The highest BCUT2D eigenvalue weighted by molar-refractivity contribution is 7.89. The van der Waals surface area contributed by atoms with Gasteiger partial charge in [-0.25, -0.2) is 18.4 Å². The lowest BCUT2D eigenvalue weighted by Gasteiger charge is -2.10. The first-order valence-electron chi connectivity index (χ1n) is 5.37. The Kier molecular flexibility index (Phi) is 4.69. The Morgan fingerprint density at radius 1 is 1.28 bits per heavy atom. The van der Waals surface area contributed by atoms with Crippen LogP contribution in [0.5, 0.6) is 5.75 Å². The summed E-state index contributed by atoms with van der Waals surface area (Å²) in [5, 5.41) is 5.00. The Hall–Kier alpha value is -1.60. The molecule has 0 aromatic heterocycles. The Morgan fingerprint density at radius 3 is 2.44 bits per heavy atom. The van der Waals surface area contributed by atoms with E-state index in [1.807, 2.05) is 0 Å². The Morgan fingerprint density at radius 2 is 1.94 bits per heavy atom. The summed E-state index contributed by atoms with van der Waals surface area (Å²) in [6.07, 6.45) is 0. The Balaban J connectivity index is 3.28. The van der Waals surface area contributed by atoms with E-state index < -0.39 is 16.0 Å². The molecule has 0 aliphatic rings. The third-order valence-corrected chi connectivity index (χ3v) is 2.99. The molecule has 0 aliphatic carbocycles. The first-order valence-corrected chi connectivity index (χ1v) is 6.91. The number of hydrogen-bond acceptors (Lipinski definition) is 5. The van der Waals surface area contributed by atoms with Crippen LogP contribution in [0.2, 0.25) is 0 Å². The molecule has 0 fully saturated rings. The molecule has 0 saturated heterocycles. The second kappa shape index (κ2) is 5.83. The summed E-state index contributed by atoms with van der Waals surface area (Å²) < 4.78 is 32.5. The van der Waals surface area contributed by atoms with E-state index in [0.29, 0.717) is 6.61 Å². The number of carbonyl (C=O) groups is 1. The number of carbonyl (C=O) groups excluding carboxylic acids is 1. The van der Waals surface area contributed by atoms with E-state index >= 15 is 0 Å². The van der Waals surface area contributed by atoms with Crippen LogP contribution in [0.4, 0.5) is 0 Å². The third kappa shape index (κ3) is 3.44. The van der Waals surface area contributed by atoms with Crippen LogP contribution in [0.1, 0.15) is 24.2 Å². The maximum Gasteiger partial charge on any atom is 0.341 e.